The van der Waals surface area contributed by atoms with Crippen molar-refractivity contribution in [1.82, 2.24) is 16.0 Å². The van der Waals surface area contributed by atoms with E-state index in [1.165, 1.54) is 26.7 Å². The van der Waals surface area contributed by atoms with Crippen molar-refractivity contribution in [2.24, 2.45) is 17.4 Å². The number of amides is 2. The fraction of sp³-hybridized carbons (Fsp3) is 0.850. The molecule has 0 aromatic carbocycles. The van der Waals surface area contributed by atoms with E-state index in [4.69, 9.17) is 11.5 Å². The highest BCUT2D eigenvalue weighted by molar-refractivity contribution is 5.93. The Morgan fingerprint density at radius 2 is 1.55 bits per heavy atom. The van der Waals surface area contributed by atoms with Gasteiger partial charge in [0.15, 0.2) is 5.78 Å². The molecule has 0 radical (unpaired) electrons. The summed E-state index contributed by atoms with van der Waals surface area (Å²) in [6, 6.07) is -2.74. The van der Waals surface area contributed by atoms with Crippen LogP contribution in [-0.2, 0) is 14.4 Å². The molecule has 0 saturated heterocycles. The predicted octanol–water partition coefficient (Wildman–Crippen LogP) is -0.592. The Balaban J connectivity index is 4.57. The molecule has 29 heavy (non-hydrogen) atoms. The number of nitrogens with two attached hydrogens (primary N) is 2. The zero-order chi connectivity index (χ0) is 22.4. The van der Waals surface area contributed by atoms with E-state index in [2.05, 4.69) is 29.8 Å². The molecule has 0 rings (SSSR count). The first-order chi connectivity index (χ1) is 13.7. The molecular formula is C20H41N5O4. The molecule has 0 heterocycles. The first-order valence-corrected chi connectivity index (χ1v) is 10.6. The minimum Gasteiger partial charge on any atom is -0.391 e. The van der Waals surface area contributed by atoms with Crippen LogP contribution in [0.1, 0.15) is 59.8 Å². The van der Waals surface area contributed by atoms with Crippen LogP contribution in [0.25, 0.3) is 0 Å². The molecule has 0 aromatic rings. The maximum Gasteiger partial charge on any atom is 0.245 e. The largest absolute Gasteiger partial charge is 0.391 e. The Morgan fingerprint density at radius 3 is 2.03 bits per heavy atom. The van der Waals surface area contributed by atoms with Gasteiger partial charge in [-0.1, -0.05) is 39.5 Å². The van der Waals surface area contributed by atoms with Gasteiger partial charge >= 0.3 is 0 Å². The normalized spacial score (nSPS) is 16.4. The molecule has 2 amide bonds. The molecule has 9 heteroatoms. The van der Waals surface area contributed by atoms with Crippen LogP contribution >= 0.6 is 0 Å². The third kappa shape index (κ3) is 11.3. The maximum absolute atomic E-state index is 12.5. The average Bonchev–Trinajstić information content (AvgIpc) is 2.68. The van der Waals surface area contributed by atoms with E-state index in [0.29, 0.717) is 6.54 Å². The number of hydrogen-bond donors (Lipinski definition) is 6. The number of rotatable bonds is 16. The van der Waals surface area contributed by atoms with Crippen LogP contribution in [0.2, 0.25) is 0 Å². The summed E-state index contributed by atoms with van der Waals surface area (Å²) in [5.74, 6) is -0.706. The molecule has 9 nitrogen and oxygen atoms in total. The van der Waals surface area contributed by atoms with Gasteiger partial charge in [-0.3, -0.25) is 14.4 Å². The summed E-state index contributed by atoms with van der Waals surface area (Å²) < 4.78 is 0. The maximum atomic E-state index is 12.5. The van der Waals surface area contributed by atoms with Crippen molar-refractivity contribution in [3.63, 3.8) is 0 Å². The fourth-order valence-electron chi connectivity index (χ4n) is 2.81. The van der Waals surface area contributed by atoms with Gasteiger partial charge in [0.25, 0.3) is 0 Å². The standard InChI is InChI=1S/C20H41N5O4/c1-5-13(2)9-7-6-8-10-23-17(12-22)19(28)25-18(15(4)27)20(29)24-16(11-21)14(3)26/h13,15-18,23,27H,5-12,21-22H2,1-4H3,(H,24,29)(H,25,28)/t13-,15-,16-,17-,18-/m0/s1. The van der Waals surface area contributed by atoms with Gasteiger partial charge in [-0.05, 0) is 32.7 Å². The van der Waals surface area contributed by atoms with Gasteiger partial charge in [0.1, 0.15) is 6.04 Å². The summed E-state index contributed by atoms with van der Waals surface area (Å²) >= 11 is 0. The van der Waals surface area contributed by atoms with Crippen LogP contribution in [0.4, 0.5) is 0 Å². The van der Waals surface area contributed by atoms with Crippen molar-refractivity contribution in [2.75, 3.05) is 19.6 Å². The van der Waals surface area contributed by atoms with Crippen molar-refractivity contribution < 1.29 is 19.5 Å². The summed E-state index contributed by atoms with van der Waals surface area (Å²) in [6.07, 6.45) is 4.39. The molecule has 0 aromatic heterocycles. The zero-order valence-corrected chi connectivity index (χ0v) is 18.4. The molecule has 5 atom stereocenters. The Morgan fingerprint density at radius 1 is 0.931 bits per heavy atom. The molecule has 0 spiro atoms. The summed E-state index contributed by atoms with van der Waals surface area (Å²) in [6.45, 7) is 7.77. The van der Waals surface area contributed by atoms with E-state index in [1.54, 1.807) is 0 Å². The Bertz CT molecular complexity index is 501. The molecule has 0 bridgehead atoms. The molecule has 0 aliphatic rings. The number of aliphatic hydroxyl groups excluding tert-OH is 1. The van der Waals surface area contributed by atoms with Crippen LogP contribution < -0.4 is 27.4 Å². The number of carbonyl (C=O) groups excluding carboxylic acids is 3. The van der Waals surface area contributed by atoms with Gasteiger partial charge in [0, 0.05) is 13.1 Å². The number of nitrogens with one attached hydrogen (secondary N) is 3. The van der Waals surface area contributed by atoms with Gasteiger partial charge in [0.05, 0.1) is 18.2 Å². The van der Waals surface area contributed by atoms with Crippen LogP contribution in [0.5, 0.6) is 0 Å². The lowest BCUT2D eigenvalue weighted by atomic mass is 10.0. The van der Waals surface area contributed by atoms with Crippen LogP contribution in [0.15, 0.2) is 0 Å². The highest BCUT2D eigenvalue weighted by Gasteiger charge is 2.30. The highest BCUT2D eigenvalue weighted by Crippen LogP contribution is 2.11. The van der Waals surface area contributed by atoms with Gasteiger partial charge in [-0.2, -0.15) is 0 Å². The smallest absolute Gasteiger partial charge is 0.245 e. The molecule has 170 valence electrons. The van der Waals surface area contributed by atoms with E-state index in [1.807, 2.05) is 0 Å². The quantitative estimate of drug-likeness (QED) is 0.184. The van der Waals surface area contributed by atoms with Crippen molar-refractivity contribution >= 4 is 17.6 Å². The van der Waals surface area contributed by atoms with Crippen LogP contribution in [0, 0.1) is 5.92 Å². The Kier molecular flexibility index (Phi) is 14.5. The second-order valence-corrected chi connectivity index (χ2v) is 7.74. The second-order valence-electron chi connectivity index (χ2n) is 7.74. The highest BCUT2D eigenvalue weighted by atomic mass is 16.3. The van der Waals surface area contributed by atoms with Crippen molar-refractivity contribution in [1.29, 1.82) is 0 Å². The predicted molar refractivity (Wildman–Crippen MR) is 114 cm³/mol. The summed E-state index contributed by atoms with van der Waals surface area (Å²) in [4.78, 5) is 36.3. The van der Waals surface area contributed by atoms with Crippen molar-refractivity contribution in [2.45, 2.75) is 84.0 Å². The molecular weight excluding hydrogens is 374 g/mol. The first kappa shape index (κ1) is 27.5. The van der Waals surface area contributed by atoms with Gasteiger partial charge in [-0.15, -0.1) is 0 Å². The van der Waals surface area contributed by atoms with Crippen molar-refractivity contribution in [3.8, 4) is 0 Å². The number of Topliss-reactive ketones (excluding diaryl/α,β-unsaturated/α-hetero) is 1. The number of hydrogen-bond acceptors (Lipinski definition) is 7. The monoisotopic (exact) mass is 415 g/mol. The molecule has 0 saturated carbocycles. The minimum absolute atomic E-state index is 0.0612. The van der Waals surface area contributed by atoms with Crippen molar-refractivity contribution in [3.05, 3.63) is 0 Å². The summed E-state index contributed by atoms with van der Waals surface area (Å²) in [7, 11) is 0. The third-order valence-electron chi connectivity index (χ3n) is 5.12. The number of ketones is 1. The number of carbonyl (C=O) groups is 3. The molecule has 0 aliphatic carbocycles. The first-order valence-electron chi connectivity index (χ1n) is 10.6. The van der Waals surface area contributed by atoms with Gasteiger partial charge in [0.2, 0.25) is 11.8 Å². The minimum atomic E-state index is -1.21. The topological polar surface area (TPSA) is 160 Å². The SMILES string of the molecule is CC[C@H](C)CCCCCN[C@@H](CN)C(=O)N[C@H](C(=O)N[C@@H](CN)C(C)=O)[C@H](C)O. The summed E-state index contributed by atoms with van der Waals surface area (Å²) in [5.41, 5.74) is 11.2. The lowest BCUT2D eigenvalue weighted by Crippen LogP contribution is -2.60. The lowest BCUT2D eigenvalue weighted by molar-refractivity contribution is -0.134. The lowest BCUT2D eigenvalue weighted by Gasteiger charge is -2.25. The van der Waals surface area contributed by atoms with E-state index in [0.717, 1.165) is 25.2 Å². The van der Waals surface area contributed by atoms with Crippen LogP contribution in [-0.4, -0.2) is 66.6 Å². The van der Waals surface area contributed by atoms with Gasteiger partial charge in [-0.25, -0.2) is 0 Å². The number of unbranched alkanes of at least 4 members (excludes halogenated alkanes) is 2. The fourth-order valence-corrected chi connectivity index (χ4v) is 2.81. The third-order valence-corrected chi connectivity index (χ3v) is 5.12. The number of aliphatic hydroxyl groups is 1. The molecule has 8 N–H and O–H groups in total. The molecule has 0 aliphatic heterocycles. The van der Waals surface area contributed by atoms with E-state index >= 15 is 0 Å². The molecule has 0 fully saturated rings. The average molecular weight is 416 g/mol. The second kappa shape index (κ2) is 15.3. The van der Waals surface area contributed by atoms with Crippen LogP contribution in [0.3, 0.4) is 0 Å². The Hall–Kier alpha value is -1.55. The van der Waals surface area contributed by atoms with E-state index in [-0.39, 0.29) is 18.9 Å². The van der Waals surface area contributed by atoms with E-state index < -0.39 is 36.0 Å². The molecule has 0 unspecified atom stereocenters. The Labute approximate surface area is 174 Å². The summed E-state index contributed by atoms with van der Waals surface area (Å²) in [5, 5.41) is 18.0. The van der Waals surface area contributed by atoms with E-state index in [9.17, 15) is 19.5 Å². The zero-order valence-electron chi connectivity index (χ0n) is 18.4. The van der Waals surface area contributed by atoms with Gasteiger partial charge < -0.3 is 32.5 Å².